The molecule has 4 unspecified atom stereocenters. The van der Waals surface area contributed by atoms with Gasteiger partial charge >= 0.3 is 6.36 Å². The Morgan fingerprint density at radius 3 is 2.45 bits per heavy atom. The molecule has 9 nitrogen and oxygen atoms in total. The largest absolute Gasteiger partial charge is 0.573 e. The van der Waals surface area contributed by atoms with Crippen LogP contribution in [0.5, 0.6) is 11.5 Å². The minimum absolute atomic E-state index is 0.0315. The van der Waals surface area contributed by atoms with Crippen molar-refractivity contribution in [1.29, 1.82) is 0 Å². The summed E-state index contributed by atoms with van der Waals surface area (Å²) in [5, 5.41) is 11.0. The van der Waals surface area contributed by atoms with Gasteiger partial charge in [-0.1, -0.05) is 23.8 Å². The Morgan fingerprint density at radius 2 is 1.71 bits per heavy atom. The Bertz CT molecular complexity index is 2190. The molecule has 49 heavy (non-hydrogen) atoms. The summed E-state index contributed by atoms with van der Waals surface area (Å²) in [5.74, 6) is -6.16. The lowest BCUT2D eigenvalue weighted by molar-refractivity contribution is -0.274. The Balaban J connectivity index is 1.17. The average Bonchev–Trinajstić information content (AvgIpc) is 3.61. The quantitative estimate of drug-likeness (QED) is 0.144. The number of anilines is 1. The third-order valence-electron chi connectivity index (χ3n) is 9.77. The number of Topliss-reactive ketones (excluding diaryl/α,β-unsaturated/α-hetero) is 1. The van der Waals surface area contributed by atoms with E-state index in [4.69, 9.17) is 4.42 Å². The first-order valence-corrected chi connectivity index (χ1v) is 15.5. The molecule has 0 spiro atoms. The van der Waals surface area contributed by atoms with Crippen molar-refractivity contribution in [2.45, 2.75) is 32.0 Å². The molecule has 0 radical (unpaired) electrons. The Labute approximate surface area is 276 Å². The van der Waals surface area contributed by atoms with Gasteiger partial charge in [-0.05, 0) is 86.4 Å². The summed E-state index contributed by atoms with van der Waals surface area (Å²) in [4.78, 5) is 60.7. The summed E-state index contributed by atoms with van der Waals surface area (Å²) in [6, 6.07) is 16.9. The maximum Gasteiger partial charge on any atom is 0.573 e. The predicted molar refractivity (Wildman–Crippen MR) is 168 cm³/mol. The summed E-state index contributed by atoms with van der Waals surface area (Å²) in [6.07, 6.45) is -2.04. The maximum absolute atomic E-state index is 14.2. The first kappa shape index (κ1) is 30.5. The van der Waals surface area contributed by atoms with Gasteiger partial charge in [-0.15, -0.1) is 13.2 Å². The van der Waals surface area contributed by atoms with Crippen LogP contribution < -0.4 is 9.64 Å². The van der Waals surface area contributed by atoms with Crippen molar-refractivity contribution < 1.29 is 46.6 Å². The number of alkyl halides is 3. The number of ether oxygens (including phenoxy) is 1. The van der Waals surface area contributed by atoms with E-state index >= 15 is 0 Å². The van der Waals surface area contributed by atoms with Crippen molar-refractivity contribution in [3.8, 4) is 23.0 Å². The van der Waals surface area contributed by atoms with Gasteiger partial charge in [0.1, 0.15) is 17.0 Å². The molecule has 1 aliphatic heterocycles. The number of hydrogen-bond acceptors (Lipinski definition) is 8. The number of para-hydroxylation sites is 2. The number of hydrogen-bond donors (Lipinski definition) is 1. The molecular weight excluding hydrogens is 641 g/mol. The van der Waals surface area contributed by atoms with Crippen LogP contribution in [0.25, 0.3) is 22.6 Å². The number of aromatic hydroxyl groups is 1. The number of benzene rings is 3. The maximum atomic E-state index is 14.2. The number of amides is 2. The van der Waals surface area contributed by atoms with Gasteiger partial charge in [-0.25, -0.2) is 4.98 Å². The normalized spacial score (nSPS) is 23.7. The van der Waals surface area contributed by atoms with E-state index in [1.807, 2.05) is 18.2 Å². The van der Waals surface area contributed by atoms with Crippen LogP contribution in [-0.2, 0) is 19.2 Å². The van der Waals surface area contributed by atoms with Gasteiger partial charge in [0.2, 0.25) is 17.7 Å². The summed E-state index contributed by atoms with van der Waals surface area (Å²) in [6.45, 7) is 1.47. The predicted octanol–water partition coefficient (Wildman–Crippen LogP) is 6.73. The number of allylic oxidation sites excluding steroid dienone is 6. The van der Waals surface area contributed by atoms with Crippen molar-refractivity contribution in [2.24, 2.45) is 17.8 Å². The van der Waals surface area contributed by atoms with Crippen molar-refractivity contribution in [3.05, 3.63) is 107 Å². The number of imide groups is 1. The van der Waals surface area contributed by atoms with Crippen LogP contribution in [0.1, 0.15) is 31.2 Å². The number of rotatable bonds is 4. The molecule has 1 N–H and O–H groups in total. The van der Waals surface area contributed by atoms with Crippen molar-refractivity contribution in [2.75, 3.05) is 4.90 Å². The lowest BCUT2D eigenvalue weighted by atomic mass is 9.59. The zero-order chi connectivity index (χ0) is 34.4. The highest BCUT2D eigenvalue weighted by molar-refractivity contribution is 6.25. The Morgan fingerprint density at radius 1 is 0.959 bits per heavy atom. The Hall–Kier alpha value is -5.78. The number of nitrogens with zero attached hydrogens (tertiary/aromatic N) is 2. The van der Waals surface area contributed by atoms with E-state index in [2.05, 4.69) is 9.72 Å². The molecule has 12 heteroatoms. The lowest BCUT2D eigenvalue weighted by Crippen LogP contribution is -2.39. The molecule has 4 atom stereocenters. The van der Waals surface area contributed by atoms with Crippen LogP contribution in [0.4, 0.5) is 18.9 Å². The molecule has 3 aliphatic carbocycles. The molecule has 0 bridgehead atoms. The standard InChI is InChI=1S/C37H25F3N2O7/c1-17-14-28(44)25-16-23-21(30(32(25)33(17)45)24-15-20(10-13-27(24)43)49-37(38,39)40)11-12-22-31(23)36(47)42(35(22)46)19-8-6-18(7-9-19)34-41-26-4-2-3-5-29(26)48-34/h2-11,13-15,22-23,30-31,43H,12,16H2,1H3. The molecule has 1 saturated heterocycles. The molecule has 3 aromatic carbocycles. The van der Waals surface area contributed by atoms with Gasteiger partial charge < -0.3 is 14.3 Å². The SMILES string of the molecule is CC1=CC(=O)C2=C(C1=O)C(c1cc(OC(F)(F)F)ccc1O)C1=CCC3C(=O)N(c4ccc(-c5nc6ccccc6o5)cc4)C(=O)C3C1C2. The molecule has 0 saturated carbocycles. The number of aromatic nitrogens is 1. The van der Waals surface area contributed by atoms with E-state index in [0.717, 1.165) is 23.1 Å². The van der Waals surface area contributed by atoms with Crippen molar-refractivity contribution >= 4 is 40.2 Å². The number of oxazole rings is 1. The molecule has 1 aromatic heterocycles. The smallest absolute Gasteiger partial charge is 0.508 e. The van der Waals surface area contributed by atoms with Crippen LogP contribution in [-0.4, -0.2) is 39.8 Å². The van der Waals surface area contributed by atoms with Gasteiger partial charge in [-0.2, -0.15) is 0 Å². The number of carbonyl (C=O) groups excluding carboxylic acids is 4. The van der Waals surface area contributed by atoms with E-state index in [9.17, 15) is 37.5 Å². The fraction of sp³-hybridized carbons (Fsp3) is 0.216. The summed E-state index contributed by atoms with van der Waals surface area (Å²) >= 11 is 0. The number of phenols is 1. The van der Waals surface area contributed by atoms with Gasteiger partial charge in [0.15, 0.2) is 17.1 Å². The fourth-order valence-electron chi connectivity index (χ4n) is 7.68. The highest BCUT2D eigenvalue weighted by Gasteiger charge is 2.57. The molecular formula is C37H25F3N2O7. The minimum atomic E-state index is -5.03. The van der Waals surface area contributed by atoms with E-state index in [1.165, 1.54) is 13.0 Å². The van der Waals surface area contributed by atoms with Crippen LogP contribution in [0.15, 0.2) is 106 Å². The van der Waals surface area contributed by atoms with Crippen LogP contribution >= 0.6 is 0 Å². The monoisotopic (exact) mass is 666 g/mol. The lowest BCUT2D eigenvalue weighted by Gasteiger charge is -2.42. The number of fused-ring (bicyclic) bond motifs is 4. The molecule has 4 aliphatic rings. The van der Waals surface area contributed by atoms with Crippen LogP contribution in [0.2, 0.25) is 0 Å². The van der Waals surface area contributed by atoms with Crippen LogP contribution in [0.3, 0.4) is 0 Å². The summed E-state index contributed by atoms with van der Waals surface area (Å²) in [5.41, 5.74) is 2.93. The van der Waals surface area contributed by atoms with Crippen molar-refractivity contribution in [3.63, 3.8) is 0 Å². The minimum Gasteiger partial charge on any atom is -0.508 e. The molecule has 4 aromatic rings. The van der Waals surface area contributed by atoms with Gasteiger partial charge in [0, 0.05) is 33.8 Å². The Kier molecular flexibility index (Phi) is 6.78. The topological polar surface area (TPSA) is 127 Å². The second-order valence-corrected chi connectivity index (χ2v) is 12.5. The highest BCUT2D eigenvalue weighted by atomic mass is 19.4. The molecule has 246 valence electrons. The van der Waals surface area contributed by atoms with Gasteiger partial charge in [0.05, 0.1) is 17.5 Å². The number of ketones is 2. The number of carbonyl (C=O) groups is 4. The highest BCUT2D eigenvalue weighted by Crippen LogP contribution is 2.56. The fourth-order valence-corrected chi connectivity index (χ4v) is 7.68. The van der Waals surface area contributed by atoms with Gasteiger partial charge in [0.25, 0.3) is 0 Å². The second kappa shape index (κ2) is 10.9. The van der Waals surface area contributed by atoms with E-state index in [1.54, 1.807) is 36.4 Å². The molecule has 1 fully saturated rings. The third-order valence-corrected chi connectivity index (χ3v) is 9.77. The summed E-state index contributed by atoms with van der Waals surface area (Å²) < 4.78 is 49.5. The second-order valence-electron chi connectivity index (χ2n) is 12.5. The van der Waals surface area contributed by atoms with Gasteiger partial charge in [-0.3, -0.25) is 24.1 Å². The molecule has 8 rings (SSSR count). The number of phenolic OH excluding ortho intramolecular Hbond substituents is 1. The van der Waals surface area contributed by atoms with E-state index in [0.29, 0.717) is 33.8 Å². The van der Waals surface area contributed by atoms with E-state index in [-0.39, 0.29) is 35.1 Å². The summed E-state index contributed by atoms with van der Waals surface area (Å²) in [7, 11) is 0. The third kappa shape index (κ3) is 4.89. The average molecular weight is 667 g/mol. The first-order valence-electron chi connectivity index (χ1n) is 15.5. The zero-order valence-corrected chi connectivity index (χ0v) is 25.7. The van der Waals surface area contributed by atoms with E-state index < -0.39 is 64.9 Å². The molecule has 2 heterocycles. The van der Waals surface area contributed by atoms with Crippen molar-refractivity contribution in [1.82, 2.24) is 4.98 Å². The first-order chi connectivity index (χ1) is 23.4. The van der Waals surface area contributed by atoms with Crippen LogP contribution in [0, 0.1) is 17.8 Å². The zero-order valence-electron chi connectivity index (χ0n) is 25.7. The molecule has 2 amide bonds. The number of halogens is 3.